The van der Waals surface area contributed by atoms with Crippen molar-refractivity contribution in [3.05, 3.63) is 11.6 Å². The minimum atomic E-state index is -0.996. The Balaban J connectivity index is 0.826. The number of hydrogen-bond acceptors (Lipinski definition) is 13. The van der Waals surface area contributed by atoms with Gasteiger partial charge in [-0.15, -0.1) is 0 Å². The Bertz CT molecular complexity index is 1370. The molecule has 5 N–H and O–H groups in total. The van der Waals surface area contributed by atoms with E-state index in [1.165, 1.54) is 0 Å². The highest BCUT2D eigenvalue weighted by molar-refractivity contribution is 5.85. The maximum Gasteiger partial charge on any atom is 0.331 e. The van der Waals surface area contributed by atoms with E-state index in [-0.39, 0.29) is 54.0 Å². The molecule has 0 radical (unpaired) electrons. The lowest BCUT2D eigenvalue weighted by Crippen LogP contribution is -2.62. The van der Waals surface area contributed by atoms with Crippen LogP contribution in [0.4, 0.5) is 0 Å². The molecule has 13 nitrogen and oxygen atoms in total. The minimum Gasteiger partial charge on any atom is -0.458 e. The quantitative estimate of drug-likeness (QED) is 0.188. The number of ether oxygens (including phenoxy) is 7. The summed E-state index contributed by atoms with van der Waals surface area (Å²) >= 11 is 0. The van der Waals surface area contributed by atoms with Crippen molar-refractivity contribution in [2.75, 3.05) is 6.61 Å². The molecule has 0 spiro atoms. The second-order valence-corrected chi connectivity index (χ2v) is 18.7. The smallest absolute Gasteiger partial charge is 0.331 e. The van der Waals surface area contributed by atoms with E-state index >= 15 is 0 Å². The molecule has 20 atom stereocenters. The van der Waals surface area contributed by atoms with E-state index in [0.717, 1.165) is 63.4 Å². The first-order valence-electron chi connectivity index (χ1n) is 20.8. The van der Waals surface area contributed by atoms with Crippen molar-refractivity contribution in [2.24, 2.45) is 34.5 Å². The molecular weight excluding hydrogens is 700 g/mol. The number of fused-ring (bicyclic) bond motifs is 5. The van der Waals surface area contributed by atoms with Gasteiger partial charge in [0.05, 0.1) is 48.3 Å². The Morgan fingerprint density at radius 2 is 1.30 bits per heavy atom. The molecule has 54 heavy (non-hydrogen) atoms. The van der Waals surface area contributed by atoms with E-state index in [1.807, 2.05) is 6.92 Å². The van der Waals surface area contributed by atoms with Crippen LogP contribution in [0, 0.1) is 34.5 Å². The van der Waals surface area contributed by atoms with Gasteiger partial charge >= 0.3 is 5.97 Å². The third-order valence-corrected chi connectivity index (χ3v) is 15.9. The fraction of sp³-hybridized carbons (Fsp3) is 0.927. The van der Waals surface area contributed by atoms with Gasteiger partial charge in [0.25, 0.3) is 0 Å². The van der Waals surface area contributed by atoms with Crippen molar-refractivity contribution in [1.29, 1.82) is 0 Å². The lowest BCUT2D eigenvalue weighted by molar-refractivity contribution is -0.336. The average Bonchev–Trinajstić information content (AvgIpc) is 3.66. The first-order valence-corrected chi connectivity index (χ1v) is 20.8. The van der Waals surface area contributed by atoms with Gasteiger partial charge < -0.3 is 58.7 Å². The Morgan fingerprint density at radius 3 is 1.89 bits per heavy atom. The molecule has 4 heterocycles. The summed E-state index contributed by atoms with van der Waals surface area (Å²) in [6.45, 7) is 10.4. The number of aliphatic hydroxyl groups excluding tert-OH is 4. The standard InChI is InChI=1S/C41H64O13/c1-20-36(46)29(42)16-34(49-20)53-38-22(3)51-35(18-31(38)44)54-37-21(2)50-33(17-30(37)43)52-25-8-11-39(4)24(15-25)6-7-28-27(39)9-12-40(5)26(10-13-41(28,40)47)23-14-32(45)48-19-23/h14,20-22,24-31,33-38,42-44,46-47H,6-13,15-19H2,1-5H3/t20-,21+,22+,24+,25-,26+,27-,28?,29-,30-,31-,33-,34-,35-,36+,37+,38+,39-,40+,41-/m0/s1. The Morgan fingerprint density at radius 1 is 0.685 bits per heavy atom. The molecule has 306 valence electrons. The van der Waals surface area contributed by atoms with Crippen LogP contribution < -0.4 is 0 Å². The first kappa shape index (κ1) is 39.6. The number of esters is 1. The zero-order chi connectivity index (χ0) is 38.3. The second-order valence-electron chi connectivity index (χ2n) is 18.7. The number of aliphatic hydroxyl groups is 5. The number of rotatable bonds is 7. The number of cyclic esters (lactones) is 1. The molecular formula is C41H64O13. The Labute approximate surface area is 319 Å². The van der Waals surface area contributed by atoms with Crippen molar-refractivity contribution in [3.63, 3.8) is 0 Å². The van der Waals surface area contributed by atoms with E-state index in [1.54, 1.807) is 19.9 Å². The van der Waals surface area contributed by atoms with Crippen LogP contribution in [0.2, 0.25) is 0 Å². The zero-order valence-corrected chi connectivity index (χ0v) is 32.6. The summed E-state index contributed by atoms with van der Waals surface area (Å²) in [4.78, 5) is 11.9. The van der Waals surface area contributed by atoms with E-state index < -0.39 is 79.4 Å². The predicted molar refractivity (Wildman–Crippen MR) is 191 cm³/mol. The molecule has 3 saturated heterocycles. The molecule has 8 aliphatic rings. The van der Waals surface area contributed by atoms with Gasteiger partial charge in [-0.2, -0.15) is 0 Å². The van der Waals surface area contributed by atoms with Gasteiger partial charge in [-0.1, -0.05) is 13.8 Å². The lowest BCUT2D eigenvalue weighted by atomic mass is 9.43. The number of hydrogen-bond donors (Lipinski definition) is 5. The van der Waals surface area contributed by atoms with Crippen LogP contribution in [0.25, 0.3) is 0 Å². The van der Waals surface area contributed by atoms with Crippen molar-refractivity contribution >= 4 is 5.97 Å². The van der Waals surface area contributed by atoms with E-state index in [2.05, 4.69) is 13.8 Å². The lowest BCUT2D eigenvalue weighted by Gasteiger charge is -2.64. The van der Waals surface area contributed by atoms with Crippen LogP contribution in [0.5, 0.6) is 0 Å². The van der Waals surface area contributed by atoms with Crippen LogP contribution in [0.1, 0.15) is 112 Å². The summed E-state index contributed by atoms with van der Waals surface area (Å²) in [5, 5.41) is 55.0. The third-order valence-electron chi connectivity index (χ3n) is 15.9. The molecule has 1 unspecified atom stereocenters. The topological polar surface area (TPSA) is 183 Å². The molecule has 0 bridgehead atoms. The summed E-state index contributed by atoms with van der Waals surface area (Å²) in [7, 11) is 0. The van der Waals surface area contributed by atoms with E-state index in [0.29, 0.717) is 18.4 Å². The van der Waals surface area contributed by atoms with Gasteiger partial charge in [-0.3, -0.25) is 0 Å². The van der Waals surface area contributed by atoms with Crippen molar-refractivity contribution in [3.8, 4) is 0 Å². The third kappa shape index (κ3) is 6.82. The molecule has 0 aromatic heterocycles. The van der Waals surface area contributed by atoms with Gasteiger partial charge in [0, 0.05) is 30.8 Å². The van der Waals surface area contributed by atoms with Crippen LogP contribution in [0.3, 0.4) is 0 Å². The molecule has 13 heteroatoms. The fourth-order valence-electron chi connectivity index (χ4n) is 12.8. The monoisotopic (exact) mass is 764 g/mol. The van der Waals surface area contributed by atoms with Crippen molar-refractivity contribution in [2.45, 2.75) is 197 Å². The molecule has 4 aliphatic carbocycles. The largest absolute Gasteiger partial charge is 0.458 e. The van der Waals surface area contributed by atoms with Crippen LogP contribution in [0.15, 0.2) is 11.6 Å². The normalized spacial score (nSPS) is 55.0. The maximum absolute atomic E-state index is 12.6. The second kappa shape index (κ2) is 14.9. The van der Waals surface area contributed by atoms with Gasteiger partial charge in [0.2, 0.25) is 0 Å². The summed E-state index contributed by atoms with van der Waals surface area (Å²) < 4.78 is 42.2. The molecule has 8 rings (SSSR count). The fourth-order valence-corrected chi connectivity index (χ4v) is 12.8. The Hall–Kier alpha value is -1.23. The van der Waals surface area contributed by atoms with Crippen molar-refractivity contribution in [1.82, 2.24) is 0 Å². The minimum absolute atomic E-state index is 0.0243. The van der Waals surface area contributed by atoms with E-state index in [9.17, 15) is 30.3 Å². The highest BCUT2D eigenvalue weighted by Crippen LogP contribution is 2.70. The van der Waals surface area contributed by atoms with Gasteiger partial charge in [-0.05, 0) is 113 Å². The first-order chi connectivity index (χ1) is 25.6. The molecule has 0 aromatic rings. The summed E-state index contributed by atoms with van der Waals surface area (Å²) in [6, 6.07) is 0. The van der Waals surface area contributed by atoms with Crippen molar-refractivity contribution < 1.29 is 63.5 Å². The highest BCUT2D eigenvalue weighted by Gasteiger charge is 2.68. The molecule has 4 aliphatic heterocycles. The molecule has 4 saturated carbocycles. The van der Waals surface area contributed by atoms with Crippen LogP contribution in [-0.2, 0) is 38.0 Å². The van der Waals surface area contributed by atoms with Gasteiger partial charge in [-0.25, -0.2) is 4.79 Å². The molecule has 7 fully saturated rings. The van der Waals surface area contributed by atoms with Gasteiger partial charge in [0.1, 0.15) is 24.9 Å². The molecule has 0 amide bonds. The summed E-state index contributed by atoms with van der Waals surface area (Å²) in [5.74, 6) is 1.13. The maximum atomic E-state index is 12.6. The summed E-state index contributed by atoms with van der Waals surface area (Å²) in [5.41, 5.74) is 0.215. The summed E-state index contributed by atoms with van der Waals surface area (Å²) in [6.07, 6.45) is 1.90. The zero-order valence-electron chi connectivity index (χ0n) is 32.6. The van der Waals surface area contributed by atoms with E-state index in [4.69, 9.17) is 33.2 Å². The molecule has 0 aromatic carbocycles. The SMILES string of the molecule is C[C@@H]1O[C@@H](O[C@H]2[C@@H](O)C[C@H](O[C@H]3[C@@H](O)C[C@H](O[C@H]4CC[C@@]5(C)[C@H](CCC6[C@@H]5CC[C@]5(C)[C@@H](C7=CC(=O)OC7)CC[C@]65O)C4)O[C@@H]3C)O[C@@H]2C)C[C@H](O)[C@@H]1O. The number of carbonyl (C=O) groups excluding carboxylic acids is 1. The highest BCUT2D eigenvalue weighted by atomic mass is 16.7. The number of carbonyl (C=O) groups is 1. The predicted octanol–water partition coefficient (Wildman–Crippen LogP) is 3.25. The van der Waals surface area contributed by atoms with Crippen LogP contribution in [-0.4, -0.2) is 124 Å². The van der Waals surface area contributed by atoms with Crippen LogP contribution >= 0.6 is 0 Å². The average molecular weight is 765 g/mol. The van der Waals surface area contributed by atoms with Gasteiger partial charge in [0.15, 0.2) is 18.9 Å². The Kier molecular flexibility index (Phi) is 10.9.